The molecule has 162 valence electrons. The Labute approximate surface area is 176 Å². The van der Waals surface area contributed by atoms with Gasteiger partial charge in [-0.3, -0.25) is 19.3 Å². The van der Waals surface area contributed by atoms with E-state index in [4.69, 9.17) is 4.74 Å². The zero-order chi connectivity index (χ0) is 22.1. The maximum Gasteiger partial charge on any atom is 0.327 e. The van der Waals surface area contributed by atoms with Crippen LogP contribution in [0.3, 0.4) is 0 Å². The first kappa shape index (κ1) is 21.8. The molecule has 1 spiro atoms. The van der Waals surface area contributed by atoms with E-state index in [2.05, 4.69) is 10.6 Å². The van der Waals surface area contributed by atoms with Gasteiger partial charge in [0, 0.05) is 5.69 Å². The van der Waals surface area contributed by atoms with Crippen LogP contribution in [0.5, 0.6) is 0 Å². The fourth-order valence-electron chi connectivity index (χ4n) is 4.24. The van der Waals surface area contributed by atoms with Crippen molar-refractivity contribution in [1.29, 1.82) is 0 Å². The van der Waals surface area contributed by atoms with E-state index >= 15 is 0 Å². The van der Waals surface area contributed by atoms with Crippen LogP contribution in [0.15, 0.2) is 18.2 Å². The molecule has 2 fully saturated rings. The van der Waals surface area contributed by atoms with Crippen molar-refractivity contribution < 1.29 is 23.9 Å². The van der Waals surface area contributed by atoms with Crippen LogP contribution < -0.4 is 10.6 Å². The van der Waals surface area contributed by atoms with Gasteiger partial charge in [-0.15, -0.1) is 0 Å². The van der Waals surface area contributed by atoms with E-state index in [1.54, 1.807) is 6.07 Å². The molecule has 3 atom stereocenters. The molecule has 1 aromatic rings. The van der Waals surface area contributed by atoms with Crippen molar-refractivity contribution in [3.05, 3.63) is 29.3 Å². The molecule has 8 heteroatoms. The highest BCUT2D eigenvalue weighted by molar-refractivity contribution is 6.09. The number of anilines is 1. The Hall–Kier alpha value is -2.90. The van der Waals surface area contributed by atoms with E-state index in [0.29, 0.717) is 12.1 Å². The van der Waals surface area contributed by atoms with E-state index < -0.39 is 36.1 Å². The molecule has 0 radical (unpaired) electrons. The first-order valence-electron chi connectivity index (χ1n) is 10.4. The zero-order valence-corrected chi connectivity index (χ0v) is 17.9. The predicted octanol–water partition coefficient (Wildman–Crippen LogP) is 2.67. The molecule has 0 unspecified atom stereocenters. The summed E-state index contributed by atoms with van der Waals surface area (Å²) in [5.41, 5.74) is 1.68. The second kappa shape index (κ2) is 8.45. The van der Waals surface area contributed by atoms with Gasteiger partial charge in [-0.2, -0.15) is 0 Å². The Balaban J connectivity index is 1.58. The Morgan fingerprint density at radius 3 is 2.70 bits per heavy atom. The number of nitrogens with one attached hydrogen (secondary N) is 2. The second-order valence-corrected chi connectivity index (χ2v) is 8.38. The average molecular weight is 415 g/mol. The molecule has 0 aromatic heterocycles. The first-order chi connectivity index (χ1) is 14.1. The molecular formula is C22H29N3O5. The minimum Gasteiger partial charge on any atom is -0.451 e. The topological polar surface area (TPSA) is 105 Å². The average Bonchev–Trinajstić information content (AvgIpc) is 2.91. The number of aryl methyl sites for hydroxylation is 2. The third-order valence-corrected chi connectivity index (χ3v) is 6.11. The Kier molecular flexibility index (Phi) is 6.14. The van der Waals surface area contributed by atoms with Crippen molar-refractivity contribution in [2.75, 3.05) is 11.9 Å². The second-order valence-electron chi connectivity index (χ2n) is 8.38. The zero-order valence-electron chi connectivity index (χ0n) is 17.9. The lowest BCUT2D eigenvalue weighted by molar-refractivity contribution is -0.155. The Bertz CT molecular complexity index is 884. The van der Waals surface area contributed by atoms with E-state index in [1.807, 2.05) is 32.9 Å². The minimum absolute atomic E-state index is 0.00571. The fourth-order valence-corrected chi connectivity index (χ4v) is 4.24. The lowest BCUT2D eigenvalue weighted by atomic mass is 9.73. The molecule has 1 aliphatic heterocycles. The van der Waals surface area contributed by atoms with Crippen molar-refractivity contribution in [3.8, 4) is 0 Å². The molecule has 1 aliphatic carbocycles. The minimum atomic E-state index is -1.07. The summed E-state index contributed by atoms with van der Waals surface area (Å²) in [5, 5.41) is 5.52. The number of urea groups is 1. The molecule has 8 nitrogen and oxygen atoms in total. The number of nitrogens with zero attached hydrogens (tertiary/aromatic N) is 1. The summed E-state index contributed by atoms with van der Waals surface area (Å²) in [5.74, 6) is -1.66. The number of imide groups is 1. The number of amides is 4. The number of esters is 1. The number of hydrogen-bond donors (Lipinski definition) is 2. The molecule has 1 saturated heterocycles. The molecule has 0 bridgehead atoms. The van der Waals surface area contributed by atoms with Crippen LogP contribution in [0.1, 0.15) is 50.7 Å². The van der Waals surface area contributed by atoms with Crippen molar-refractivity contribution in [2.45, 2.75) is 65.0 Å². The van der Waals surface area contributed by atoms with Gasteiger partial charge in [-0.1, -0.05) is 37.5 Å². The molecule has 1 heterocycles. The van der Waals surface area contributed by atoms with Crippen LogP contribution in [-0.4, -0.2) is 46.9 Å². The maximum absolute atomic E-state index is 12.9. The number of benzene rings is 1. The monoisotopic (exact) mass is 415 g/mol. The molecule has 3 rings (SSSR count). The van der Waals surface area contributed by atoms with Gasteiger partial charge in [0.25, 0.3) is 11.8 Å². The van der Waals surface area contributed by atoms with Crippen LogP contribution in [0, 0.1) is 19.8 Å². The van der Waals surface area contributed by atoms with Gasteiger partial charge in [0.2, 0.25) is 0 Å². The molecule has 4 amide bonds. The number of hydrogen-bond acceptors (Lipinski definition) is 5. The van der Waals surface area contributed by atoms with E-state index in [-0.39, 0.29) is 11.8 Å². The first-order valence-corrected chi connectivity index (χ1v) is 10.4. The van der Waals surface area contributed by atoms with Gasteiger partial charge in [0.05, 0.1) is 0 Å². The Morgan fingerprint density at radius 1 is 1.30 bits per heavy atom. The van der Waals surface area contributed by atoms with E-state index in [9.17, 15) is 19.2 Å². The fraction of sp³-hybridized carbons (Fsp3) is 0.545. The third-order valence-electron chi connectivity index (χ3n) is 6.11. The summed E-state index contributed by atoms with van der Waals surface area (Å²) < 4.78 is 5.18. The quantitative estimate of drug-likeness (QED) is 0.568. The predicted molar refractivity (Wildman–Crippen MR) is 111 cm³/mol. The van der Waals surface area contributed by atoms with Crippen molar-refractivity contribution in [3.63, 3.8) is 0 Å². The highest BCUT2D eigenvalue weighted by Gasteiger charge is 2.55. The van der Waals surface area contributed by atoms with E-state index in [0.717, 1.165) is 35.3 Å². The van der Waals surface area contributed by atoms with Gasteiger partial charge in [0.15, 0.2) is 6.10 Å². The normalized spacial score (nSPS) is 24.5. The highest BCUT2D eigenvalue weighted by Crippen LogP contribution is 2.38. The molecule has 2 N–H and O–H groups in total. The van der Waals surface area contributed by atoms with E-state index in [1.165, 1.54) is 6.92 Å². The number of carbonyl (C=O) groups is 4. The van der Waals surface area contributed by atoms with Crippen molar-refractivity contribution in [1.82, 2.24) is 10.2 Å². The van der Waals surface area contributed by atoms with Gasteiger partial charge in [0.1, 0.15) is 12.1 Å². The molecule has 30 heavy (non-hydrogen) atoms. The molecular weight excluding hydrogens is 386 g/mol. The maximum atomic E-state index is 12.9. The van der Waals surface area contributed by atoms with Gasteiger partial charge >= 0.3 is 12.0 Å². The summed E-state index contributed by atoms with van der Waals surface area (Å²) in [6.45, 7) is 6.71. The van der Waals surface area contributed by atoms with Crippen molar-refractivity contribution >= 4 is 29.5 Å². The van der Waals surface area contributed by atoms with Gasteiger partial charge in [-0.05, 0) is 51.2 Å². The van der Waals surface area contributed by atoms with Crippen LogP contribution in [0.25, 0.3) is 0 Å². The number of ether oxygens (including phenoxy) is 1. The molecule has 1 saturated carbocycles. The molecule has 2 aliphatic rings. The van der Waals surface area contributed by atoms with Crippen LogP contribution in [0.2, 0.25) is 0 Å². The Morgan fingerprint density at radius 2 is 2.03 bits per heavy atom. The number of carbonyl (C=O) groups excluding carboxylic acids is 4. The van der Waals surface area contributed by atoms with Crippen LogP contribution in [-0.2, 0) is 19.1 Å². The highest BCUT2D eigenvalue weighted by atomic mass is 16.5. The van der Waals surface area contributed by atoms with Crippen molar-refractivity contribution in [2.24, 2.45) is 5.92 Å². The lowest BCUT2D eigenvalue weighted by Gasteiger charge is -2.36. The van der Waals surface area contributed by atoms with Crippen LogP contribution >= 0.6 is 0 Å². The summed E-state index contributed by atoms with van der Waals surface area (Å²) in [4.78, 5) is 50.9. The molecule has 1 aromatic carbocycles. The summed E-state index contributed by atoms with van der Waals surface area (Å²) in [7, 11) is 0. The smallest absolute Gasteiger partial charge is 0.327 e. The standard InChI is InChI=1S/C22H29N3O5/c1-13-8-9-17(14(2)11-13)23-19(27)16(4)30-18(26)12-25-20(28)22(24-21(25)29)10-6-5-7-15(22)3/h8-9,11,15-16H,5-7,10,12H2,1-4H3,(H,23,27)(H,24,29)/t15-,16+,22+/m0/s1. The van der Waals surface area contributed by atoms with Crippen LogP contribution in [0.4, 0.5) is 10.5 Å². The SMILES string of the molecule is Cc1ccc(NC(=O)[C@@H](C)OC(=O)CN2C(=O)N[C@@]3(CCCC[C@@H]3C)C2=O)c(C)c1. The van der Waals surface area contributed by atoms with Gasteiger partial charge in [-0.25, -0.2) is 4.79 Å². The largest absolute Gasteiger partial charge is 0.451 e. The lowest BCUT2D eigenvalue weighted by Crippen LogP contribution is -2.54. The summed E-state index contributed by atoms with van der Waals surface area (Å²) in [6, 6.07) is 5.01. The summed E-state index contributed by atoms with van der Waals surface area (Å²) in [6.07, 6.45) is 2.21. The summed E-state index contributed by atoms with van der Waals surface area (Å²) >= 11 is 0. The third kappa shape index (κ3) is 4.17. The number of rotatable bonds is 5. The van der Waals surface area contributed by atoms with Gasteiger partial charge < -0.3 is 15.4 Å².